The molecule has 0 radical (unpaired) electrons. The van der Waals surface area contributed by atoms with Crippen molar-refractivity contribution in [2.24, 2.45) is 0 Å². The molecule has 1 heterocycles. The Morgan fingerprint density at radius 3 is 2.41 bits per heavy atom. The molecule has 0 saturated heterocycles. The van der Waals surface area contributed by atoms with Gasteiger partial charge in [0.2, 0.25) is 11.8 Å². The van der Waals surface area contributed by atoms with E-state index in [1.54, 1.807) is 31.4 Å². The van der Waals surface area contributed by atoms with Crippen LogP contribution in [0, 0.1) is 0 Å². The first kappa shape index (κ1) is 20.3. The average Bonchev–Trinajstić information content (AvgIpc) is 2.73. The zero-order valence-corrected chi connectivity index (χ0v) is 16.9. The van der Waals surface area contributed by atoms with Crippen LogP contribution in [0.5, 0.6) is 0 Å². The van der Waals surface area contributed by atoms with Crippen LogP contribution in [0.4, 0.5) is 5.69 Å². The van der Waals surface area contributed by atoms with Crippen molar-refractivity contribution in [3.05, 3.63) is 76.7 Å². The Balaban J connectivity index is 1.59. The van der Waals surface area contributed by atoms with Crippen LogP contribution in [0.3, 0.4) is 0 Å². The highest BCUT2D eigenvalue weighted by Gasteiger charge is 2.13. The third-order valence-electron chi connectivity index (χ3n) is 4.96. The fourth-order valence-electron chi connectivity index (χ4n) is 3.08. The second kappa shape index (κ2) is 8.73. The number of nitrogens with zero attached hydrogens (tertiary/aromatic N) is 2. The summed E-state index contributed by atoms with van der Waals surface area (Å²) in [5, 5.41) is 3.98. The first-order chi connectivity index (χ1) is 13.9. The normalized spacial score (nSPS) is 10.9. The molecule has 0 aliphatic rings. The van der Waals surface area contributed by atoms with Crippen molar-refractivity contribution in [1.82, 2.24) is 9.88 Å². The number of carbonyl (C=O) groups excluding carboxylic acids is 2. The predicted molar refractivity (Wildman–Crippen MR) is 115 cm³/mol. The standard InChI is InChI=1S/C23H25N3O3/c1-16(2)17-8-10-19(11-9-17)25(3)22(28)14-24-21(27)15-26-13-12-18-6-4-5-7-20(18)23(26)29/h4-13,16H,14-15H2,1-3H3,(H,24,27). The number of nitrogens with one attached hydrogen (secondary N) is 1. The van der Waals surface area contributed by atoms with E-state index in [1.807, 2.05) is 36.4 Å². The van der Waals surface area contributed by atoms with Crippen molar-refractivity contribution < 1.29 is 9.59 Å². The molecule has 1 aromatic heterocycles. The first-order valence-corrected chi connectivity index (χ1v) is 9.58. The van der Waals surface area contributed by atoms with E-state index in [4.69, 9.17) is 0 Å². The highest BCUT2D eigenvalue weighted by Crippen LogP contribution is 2.19. The smallest absolute Gasteiger partial charge is 0.258 e. The van der Waals surface area contributed by atoms with E-state index >= 15 is 0 Å². The summed E-state index contributed by atoms with van der Waals surface area (Å²) in [6.07, 6.45) is 1.59. The quantitative estimate of drug-likeness (QED) is 0.702. The van der Waals surface area contributed by atoms with Gasteiger partial charge in [-0.15, -0.1) is 0 Å². The zero-order valence-electron chi connectivity index (χ0n) is 16.9. The van der Waals surface area contributed by atoms with E-state index < -0.39 is 0 Å². The number of likely N-dealkylation sites (N-methyl/N-ethyl adjacent to an activating group) is 1. The number of hydrogen-bond acceptors (Lipinski definition) is 3. The number of pyridine rings is 1. The summed E-state index contributed by atoms with van der Waals surface area (Å²) in [5.74, 6) is -0.205. The van der Waals surface area contributed by atoms with E-state index in [0.717, 1.165) is 11.1 Å². The summed E-state index contributed by atoms with van der Waals surface area (Å²) < 4.78 is 1.34. The van der Waals surface area contributed by atoms with Crippen LogP contribution in [-0.2, 0) is 16.1 Å². The lowest BCUT2D eigenvalue weighted by atomic mass is 10.0. The van der Waals surface area contributed by atoms with Gasteiger partial charge >= 0.3 is 0 Å². The Kier molecular flexibility index (Phi) is 6.12. The molecule has 0 aliphatic heterocycles. The van der Waals surface area contributed by atoms with Gasteiger partial charge in [0.1, 0.15) is 6.54 Å². The number of amides is 2. The molecule has 1 N–H and O–H groups in total. The monoisotopic (exact) mass is 391 g/mol. The van der Waals surface area contributed by atoms with Crippen LogP contribution in [-0.4, -0.2) is 30.0 Å². The molecule has 6 nitrogen and oxygen atoms in total. The van der Waals surface area contributed by atoms with Crippen molar-refractivity contribution >= 4 is 28.3 Å². The fourth-order valence-corrected chi connectivity index (χ4v) is 3.08. The summed E-state index contributed by atoms with van der Waals surface area (Å²) in [7, 11) is 1.67. The van der Waals surface area contributed by atoms with Gasteiger partial charge in [-0.3, -0.25) is 14.4 Å². The van der Waals surface area contributed by atoms with Crippen LogP contribution in [0.25, 0.3) is 10.8 Å². The number of anilines is 1. The second-order valence-electron chi connectivity index (χ2n) is 7.31. The molecule has 0 unspecified atom stereocenters. The molecule has 6 heteroatoms. The van der Waals surface area contributed by atoms with Crippen LogP contribution in [0.2, 0.25) is 0 Å². The van der Waals surface area contributed by atoms with Crippen molar-refractivity contribution in [2.75, 3.05) is 18.5 Å². The van der Waals surface area contributed by atoms with Crippen LogP contribution in [0.1, 0.15) is 25.3 Å². The molecule has 0 aliphatic carbocycles. The molecule has 3 aromatic rings. The van der Waals surface area contributed by atoms with E-state index in [0.29, 0.717) is 11.3 Å². The van der Waals surface area contributed by atoms with Crippen molar-refractivity contribution in [3.63, 3.8) is 0 Å². The SMILES string of the molecule is CC(C)c1ccc(N(C)C(=O)CNC(=O)Cn2ccc3ccccc3c2=O)cc1. The van der Waals surface area contributed by atoms with E-state index in [2.05, 4.69) is 19.2 Å². The van der Waals surface area contributed by atoms with Crippen molar-refractivity contribution in [3.8, 4) is 0 Å². The minimum Gasteiger partial charge on any atom is -0.345 e. The lowest BCUT2D eigenvalue weighted by Crippen LogP contribution is -2.40. The molecule has 3 rings (SSSR count). The molecule has 0 spiro atoms. The minimum atomic E-state index is -0.390. The summed E-state index contributed by atoms with van der Waals surface area (Å²) >= 11 is 0. The maximum atomic E-state index is 12.5. The summed E-state index contributed by atoms with van der Waals surface area (Å²) in [6, 6.07) is 16.8. The predicted octanol–water partition coefficient (Wildman–Crippen LogP) is 2.90. The number of hydrogen-bond donors (Lipinski definition) is 1. The molecular weight excluding hydrogens is 366 g/mol. The molecule has 2 aromatic carbocycles. The highest BCUT2D eigenvalue weighted by atomic mass is 16.2. The van der Waals surface area contributed by atoms with Crippen molar-refractivity contribution in [2.45, 2.75) is 26.3 Å². The maximum absolute atomic E-state index is 12.5. The van der Waals surface area contributed by atoms with Crippen LogP contribution < -0.4 is 15.8 Å². The molecule has 29 heavy (non-hydrogen) atoms. The third-order valence-corrected chi connectivity index (χ3v) is 4.96. The number of rotatable bonds is 6. The van der Waals surface area contributed by atoms with Gasteiger partial charge in [-0.25, -0.2) is 0 Å². The lowest BCUT2D eigenvalue weighted by Gasteiger charge is -2.18. The number of aromatic nitrogens is 1. The number of benzene rings is 2. The molecule has 0 atom stereocenters. The number of carbonyl (C=O) groups is 2. The average molecular weight is 391 g/mol. The van der Waals surface area contributed by atoms with Gasteiger partial charge in [0.15, 0.2) is 0 Å². The fraction of sp³-hybridized carbons (Fsp3) is 0.261. The molecule has 0 saturated carbocycles. The molecule has 2 amide bonds. The van der Waals surface area contributed by atoms with Gasteiger partial charge in [-0.2, -0.15) is 0 Å². The summed E-state index contributed by atoms with van der Waals surface area (Å²) in [5.41, 5.74) is 1.73. The Bertz CT molecular complexity index is 1080. The van der Waals surface area contributed by atoms with Gasteiger partial charge in [-0.05, 0) is 41.1 Å². The summed E-state index contributed by atoms with van der Waals surface area (Å²) in [6.45, 7) is 3.95. The topological polar surface area (TPSA) is 71.4 Å². The minimum absolute atomic E-state index is 0.135. The Morgan fingerprint density at radius 2 is 1.72 bits per heavy atom. The van der Waals surface area contributed by atoms with Gasteiger partial charge in [0, 0.05) is 24.3 Å². The third kappa shape index (κ3) is 4.71. The molecule has 0 bridgehead atoms. The summed E-state index contributed by atoms with van der Waals surface area (Å²) in [4.78, 5) is 38.6. The largest absolute Gasteiger partial charge is 0.345 e. The Labute approximate surface area is 169 Å². The number of fused-ring (bicyclic) bond motifs is 1. The van der Waals surface area contributed by atoms with Gasteiger partial charge in [0.25, 0.3) is 5.56 Å². The Hall–Kier alpha value is -3.41. The molecule has 0 fully saturated rings. The molecular formula is C23H25N3O3. The first-order valence-electron chi connectivity index (χ1n) is 9.58. The maximum Gasteiger partial charge on any atom is 0.258 e. The van der Waals surface area contributed by atoms with Crippen molar-refractivity contribution in [1.29, 1.82) is 0 Å². The van der Waals surface area contributed by atoms with Gasteiger partial charge in [-0.1, -0.05) is 44.2 Å². The lowest BCUT2D eigenvalue weighted by molar-refractivity contribution is -0.125. The van der Waals surface area contributed by atoms with Gasteiger partial charge < -0.3 is 14.8 Å². The second-order valence-corrected chi connectivity index (χ2v) is 7.31. The van der Waals surface area contributed by atoms with Crippen LogP contribution in [0.15, 0.2) is 65.6 Å². The molecule has 150 valence electrons. The highest BCUT2D eigenvalue weighted by molar-refractivity contribution is 5.96. The Morgan fingerprint density at radius 1 is 1.03 bits per heavy atom. The van der Waals surface area contributed by atoms with E-state index in [9.17, 15) is 14.4 Å². The van der Waals surface area contributed by atoms with E-state index in [1.165, 1.54) is 15.0 Å². The zero-order chi connectivity index (χ0) is 21.0. The van der Waals surface area contributed by atoms with Gasteiger partial charge in [0.05, 0.1) is 6.54 Å². The van der Waals surface area contributed by atoms with E-state index in [-0.39, 0.29) is 30.5 Å². The van der Waals surface area contributed by atoms with Crippen LogP contribution >= 0.6 is 0 Å².